The van der Waals surface area contributed by atoms with E-state index < -0.39 is 30.4 Å². The number of aromatic nitrogens is 2. The first-order chi connectivity index (χ1) is 15.1. The van der Waals surface area contributed by atoms with Crippen LogP contribution in [0.3, 0.4) is 0 Å². The number of aliphatic hydroxyl groups is 2. The Bertz CT molecular complexity index is 966. The molecule has 10 heteroatoms. The van der Waals surface area contributed by atoms with Crippen LogP contribution in [0.2, 0.25) is 0 Å². The van der Waals surface area contributed by atoms with E-state index in [2.05, 4.69) is 10.4 Å². The second kappa shape index (κ2) is 13.6. The summed E-state index contributed by atoms with van der Waals surface area (Å²) in [5.41, 5.74) is 1.94. The number of carboxylic acid groups (broad SMARTS) is 1. The Morgan fingerprint density at radius 1 is 1.24 bits per heavy atom. The van der Waals surface area contributed by atoms with E-state index >= 15 is 0 Å². The van der Waals surface area contributed by atoms with Crippen LogP contribution in [-0.2, 0) is 4.79 Å². The first-order valence-corrected chi connectivity index (χ1v) is 10.6. The molecule has 0 unspecified atom stereocenters. The van der Waals surface area contributed by atoms with Gasteiger partial charge in [0, 0.05) is 18.5 Å². The van der Waals surface area contributed by atoms with Crippen molar-refractivity contribution in [3.05, 3.63) is 53.1 Å². The molecular formula is C23H31FN3NaO5. The Morgan fingerprint density at radius 2 is 1.88 bits per heavy atom. The summed E-state index contributed by atoms with van der Waals surface area (Å²) in [4.78, 5) is 23.5. The molecule has 1 aromatic heterocycles. The van der Waals surface area contributed by atoms with Gasteiger partial charge in [0.2, 0.25) is 0 Å². The van der Waals surface area contributed by atoms with Crippen molar-refractivity contribution in [1.29, 1.82) is 0 Å². The van der Waals surface area contributed by atoms with Crippen LogP contribution in [0.15, 0.2) is 30.3 Å². The van der Waals surface area contributed by atoms with Crippen molar-refractivity contribution in [2.75, 3.05) is 6.54 Å². The Hall–Kier alpha value is -2.04. The number of hydrogen-bond donors (Lipinski definition) is 4. The van der Waals surface area contributed by atoms with Gasteiger partial charge in [-0.3, -0.25) is 9.59 Å². The molecule has 2 aromatic rings. The Kier molecular flexibility index (Phi) is 12.0. The van der Waals surface area contributed by atoms with Crippen molar-refractivity contribution in [2.24, 2.45) is 0 Å². The van der Waals surface area contributed by atoms with E-state index in [1.165, 1.54) is 35.0 Å². The molecule has 2 atom stereocenters. The summed E-state index contributed by atoms with van der Waals surface area (Å²) < 4.78 is 14.9. The number of carbonyl (C=O) groups is 2. The van der Waals surface area contributed by atoms with Gasteiger partial charge in [0.1, 0.15) is 5.82 Å². The number of nitrogens with zero attached hydrogens (tertiary/aromatic N) is 2. The van der Waals surface area contributed by atoms with Crippen molar-refractivity contribution < 1.29 is 60.3 Å². The third-order valence-corrected chi connectivity index (χ3v) is 4.76. The zero-order chi connectivity index (χ0) is 23.8. The summed E-state index contributed by atoms with van der Waals surface area (Å²) in [6, 6.07) is 5.63. The number of rotatable bonds is 11. The minimum Gasteiger partial charge on any atom is -1.00 e. The number of hydrogen-bond acceptors (Lipinski definition) is 5. The third kappa shape index (κ3) is 8.35. The predicted octanol–water partition coefficient (Wildman–Crippen LogP) is -0.00910. The second-order valence-electron chi connectivity index (χ2n) is 7.86. The molecule has 0 spiro atoms. The number of carbonyl (C=O) groups excluding carboxylic acids is 1. The molecule has 0 aliphatic rings. The summed E-state index contributed by atoms with van der Waals surface area (Å²) in [7, 11) is 0. The molecule has 0 aliphatic heterocycles. The molecule has 0 saturated carbocycles. The van der Waals surface area contributed by atoms with Crippen molar-refractivity contribution >= 4 is 18.0 Å². The van der Waals surface area contributed by atoms with Gasteiger partial charge >= 0.3 is 35.5 Å². The fraction of sp³-hybridized carbons (Fsp3) is 0.435. The van der Waals surface area contributed by atoms with Gasteiger partial charge in [0.15, 0.2) is 5.69 Å². The number of nitrogens with one attached hydrogen (secondary N) is 1. The molecule has 1 aromatic carbocycles. The SMILES string of the molecule is CCCNC(=O)c1nn(-c2ccc(F)cc2)c(/C=C/[C@H](O)C[C@@H](O)CC(=O)O)c1C(C)C.[H-].[Na+]. The van der Waals surface area contributed by atoms with E-state index in [-0.39, 0.29) is 54.9 Å². The van der Waals surface area contributed by atoms with Crippen molar-refractivity contribution in [3.8, 4) is 5.69 Å². The largest absolute Gasteiger partial charge is 1.00 e. The molecule has 0 radical (unpaired) electrons. The van der Waals surface area contributed by atoms with Gasteiger partial charge in [-0.15, -0.1) is 0 Å². The first-order valence-electron chi connectivity index (χ1n) is 10.6. The van der Waals surface area contributed by atoms with Crippen molar-refractivity contribution in [2.45, 2.75) is 58.2 Å². The summed E-state index contributed by atoms with van der Waals surface area (Å²) >= 11 is 0. The fourth-order valence-corrected chi connectivity index (χ4v) is 3.29. The standard InChI is InChI=1S/C23H30FN3O5.Na.H/c1-4-11-25-23(32)22-21(14(2)3)19(10-9-17(28)12-18(29)13-20(30)31)27(26-22)16-7-5-15(24)6-8-16;;/h5-10,14,17-18,28-29H,4,11-13H2,1-3H3,(H,25,32)(H,30,31);;/q;+1;-1/b10-9+;;/t17-,18+;;/m0../s1. The minimum atomic E-state index is -1.20. The maximum absolute atomic E-state index is 13.4. The van der Waals surface area contributed by atoms with Gasteiger partial charge in [-0.2, -0.15) is 5.10 Å². The number of benzene rings is 1. The minimum absolute atomic E-state index is 0. The molecule has 33 heavy (non-hydrogen) atoms. The zero-order valence-corrected chi connectivity index (χ0v) is 21.5. The van der Waals surface area contributed by atoms with Crippen LogP contribution in [0.5, 0.6) is 0 Å². The molecule has 0 bridgehead atoms. The van der Waals surface area contributed by atoms with Crippen LogP contribution in [0.25, 0.3) is 11.8 Å². The van der Waals surface area contributed by atoms with Gasteiger partial charge in [-0.1, -0.05) is 26.8 Å². The van der Waals surface area contributed by atoms with Gasteiger partial charge in [0.05, 0.1) is 30.0 Å². The smallest absolute Gasteiger partial charge is 1.00 e. The van der Waals surface area contributed by atoms with Crippen LogP contribution in [0.1, 0.15) is 69.1 Å². The molecule has 0 saturated heterocycles. The van der Waals surface area contributed by atoms with Gasteiger partial charge in [-0.25, -0.2) is 9.07 Å². The quantitative estimate of drug-likeness (QED) is 0.342. The average molecular weight is 472 g/mol. The van der Waals surface area contributed by atoms with E-state index in [1.807, 2.05) is 20.8 Å². The van der Waals surface area contributed by atoms with Crippen LogP contribution in [0.4, 0.5) is 4.39 Å². The van der Waals surface area contributed by atoms with Crippen LogP contribution >= 0.6 is 0 Å². The molecule has 0 fully saturated rings. The Balaban J connectivity index is 0.00000544. The second-order valence-corrected chi connectivity index (χ2v) is 7.86. The Morgan fingerprint density at radius 3 is 2.42 bits per heavy atom. The molecule has 176 valence electrons. The number of amides is 1. The van der Waals surface area contributed by atoms with E-state index in [1.54, 1.807) is 6.08 Å². The number of halogens is 1. The number of aliphatic carboxylic acids is 1. The molecule has 4 N–H and O–H groups in total. The third-order valence-electron chi connectivity index (χ3n) is 4.76. The first kappa shape index (κ1) is 29.0. The predicted molar refractivity (Wildman–Crippen MR) is 119 cm³/mol. The van der Waals surface area contributed by atoms with Crippen LogP contribution in [-0.4, -0.2) is 55.7 Å². The van der Waals surface area contributed by atoms with Gasteiger partial charge in [0.25, 0.3) is 5.91 Å². The maximum Gasteiger partial charge on any atom is 1.00 e. The molecular weight excluding hydrogens is 440 g/mol. The fourth-order valence-electron chi connectivity index (χ4n) is 3.29. The van der Waals surface area contributed by atoms with E-state index in [9.17, 15) is 24.2 Å². The van der Waals surface area contributed by atoms with E-state index in [4.69, 9.17) is 5.11 Å². The van der Waals surface area contributed by atoms with Gasteiger partial charge in [-0.05, 0) is 42.7 Å². The zero-order valence-electron chi connectivity index (χ0n) is 20.5. The van der Waals surface area contributed by atoms with E-state index in [0.717, 1.165) is 6.42 Å². The van der Waals surface area contributed by atoms with Crippen molar-refractivity contribution in [3.63, 3.8) is 0 Å². The average Bonchev–Trinajstić information content (AvgIpc) is 3.10. The molecule has 0 aliphatic carbocycles. The summed E-state index contributed by atoms with van der Waals surface area (Å²) in [5.74, 6) is -2.00. The topological polar surface area (TPSA) is 125 Å². The molecule has 1 heterocycles. The maximum atomic E-state index is 13.4. The summed E-state index contributed by atoms with van der Waals surface area (Å²) in [6.45, 7) is 6.25. The monoisotopic (exact) mass is 471 g/mol. The van der Waals surface area contributed by atoms with Gasteiger partial charge < -0.3 is 22.1 Å². The molecule has 8 nitrogen and oxygen atoms in total. The number of carboxylic acids is 1. The van der Waals surface area contributed by atoms with Crippen molar-refractivity contribution in [1.82, 2.24) is 15.1 Å². The van der Waals surface area contributed by atoms with E-state index in [0.29, 0.717) is 23.5 Å². The van der Waals surface area contributed by atoms with Crippen LogP contribution in [0, 0.1) is 5.82 Å². The molecule has 2 rings (SSSR count). The Labute approximate surface area is 216 Å². The molecule has 1 amide bonds. The summed E-state index contributed by atoms with van der Waals surface area (Å²) in [5, 5.41) is 36.1. The number of aliphatic hydroxyl groups excluding tert-OH is 2. The summed E-state index contributed by atoms with van der Waals surface area (Å²) in [6.07, 6.45) is 0.819. The normalized spacial score (nSPS) is 13.1. The van der Waals surface area contributed by atoms with Crippen LogP contribution < -0.4 is 34.9 Å².